The number of imidazole rings is 1. The number of carbonyl (C=O) groups is 1. The minimum atomic E-state index is -0.286. The molecule has 0 N–H and O–H groups in total. The van der Waals surface area contributed by atoms with Gasteiger partial charge in [0.1, 0.15) is 11.5 Å². The van der Waals surface area contributed by atoms with Gasteiger partial charge in [0.15, 0.2) is 0 Å². The fraction of sp³-hybridized carbons (Fsp3) is 0.300. The molecule has 6 nitrogen and oxygen atoms in total. The highest BCUT2D eigenvalue weighted by Gasteiger charge is 2.20. The summed E-state index contributed by atoms with van der Waals surface area (Å²) in [4.78, 5) is 18.9. The van der Waals surface area contributed by atoms with Gasteiger partial charge in [0.05, 0.1) is 37.2 Å². The molecule has 1 fully saturated rings. The van der Waals surface area contributed by atoms with Gasteiger partial charge in [0, 0.05) is 31.5 Å². The molecular weight excluding hydrogens is 349 g/mol. The first kappa shape index (κ1) is 17.6. The molecule has 1 atom stereocenters. The van der Waals surface area contributed by atoms with E-state index in [-0.39, 0.29) is 17.8 Å². The summed E-state index contributed by atoms with van der Waals surface area (Å²) in [5.74, 6) is -0.381. The first-order valence-electron chi connectivity index (χ1n) is 8.79. The first-order valence-corrected chi connectivity index (χ1v) is 8.79. The van der Waals surface area contributed by atoms with Crippen LogP contribution in [0.1, 0.15) is 10.4 Å². The lowest BCUT2D eigenvalue weighted by molar-refractivity contribution is -0.0933. The van der Waals surface area contributed by atoms with E-state index in [1.807, 2.05) is 6.20 Å². The molecule has 0 saturated carbocycles. The van der Waals surface area contributed by atoms with Crippen molar-refractivity contribution in [3.8, 4) is 11.3 Å². The molecule has 1 aromatic carbocycles. The van der Waals surface area contributed by atoms with E-state index in [1.165, 1.54) is 12.1 Å². The van der Waals surface area contributed by atoms with Crippen LogP contribution in [0, 0.1) is 5.82 Å². The summed E-state index contributed by atoms with van der Waals surface area (Å²) < 4.78 is 25.9. The topological polar surface area (TPSA) is 56.1 Å². The third-order valence-electron chi connectivity index (χ3n) is 4.55. The summed E-state index contributed by atoms with van der Waals surface area (Å²) in [5.41, 5.74) is 2.82. The van der Waals surface area contributed by atoms with E-state index in [4.69, 9.17) is 9.47 Å². The molecule has 7 heteroatoms. The lowest BCUT2D eigenvalue weighted by atomic mass is 10.2. The molecule has 0 radical (unpaired) electrons. The summed E-state index contributed by atoms with van der Waals surface area (Å²) in [6, 6.07) is 9.73. The van der Waals surface area contributed by atoms with Crippen molar-refractivity contribution < 1.29 is 18.7 Å². The predicted octanol–water partition coefficient (Wildman–Crippen LogP) is 2.63. The van der Waals surface area contributed by atoms with Gasteiger partial charge in [0.25, 0.3) is 5.91 Å². The Kier molecular flexibility index (Phi) is 4.87. The average Bonchev–Trinajstić information content (AvgIpc) is 3.12. The number of carbonyl (C=O) groups excluding carboxylic acids is 1. The monoisotopic (exact) mass is 369 g/mol. The third kappa shape index (κ3) is 3.84. The fourth-order valence-corrected chi connectivity index (χ4v) is 3.13. The van der Waals surface area contributed by atoms with Gasteiger partial charge >= 0.3 is 0 Å². The maximum Gasteiger partial charge on any atom is 0.255 e. The van der Waals surface area contributed by atoms with Gasteiger partial charge in [-0.2, -0.15) is 0 Å². The summed E-state index contributed by atoms with van der Waals surface area (Å²) in [6.45, 7) is 2.13. The zero-order valence-electron chi connectivity index (χ0n) is 15.0. The van der Waals surface area contributed by atoms with E-state index in [0.29, 0.717) is 31.9 Å². The summed E-state index contributed by atoms with van der Waals surface area (Å²) >= 11 is 0. The van der Waals surface area contributed by atoms with Gasteiger partial charge in [-0.15, -0.1) is 0 Å². The molecule has 0 spiro atoms. The molecule has 0 aliphatic carbocycles. The van der Waals surface area contributed by atoms with Crippen LogP contribution in [0.5, 0.6) is 0 Å². The molecule has 1 unspecified atom stereocenters. The van der Waals surface area contributed by atoms with Crippen molar-refractivity contribution in [3.05, 3.63) is 60.2 Å². The second kappa shape index (κ2) is 7.46. The van der Waals surface area contributed by atoms with Crippen LogP contribution in [0.3, 0.4) is 0 Å². The quantitative estimate of drug-likeness (QED) is 0.709. The standard InChI is InChI=1S/C20H20FN3O3/c1-23(11-17-13-26-8-9-27-17)20(25)15-4-7-19-22-18(12-24(19)10-15)14-2-5-16(21)6-3-14/h2-7,10,12,17H,8-9,11,13H2,1H3. The van der Waals surface area contributed by atoms with Crippen molar-refractivity contribution in [2.75, 3.05) is 33.4 Å². The molecular formula is C20H20FN3O3. The number of rotatable bonds is 4. The summed E-state index contributed by atoms with van der Waals surface area (Å²) in [7, 11) is 1.75. The van der Waals surface area contributed by atoms with Crippen molar-refractivity contribution in [1.82, 2.24) is 14.3 Å². The van der Waals surface area contributed by atoms with Crippen LogP contribution >= 0.6 is 0 Å². The van der Waals surface area contributed by atoms with Gasteiger partial charge in [-0.1, -0.05) is 0 Å². The highest BCUT2D eigenvalue weighted by molar-refractivity contribution is 5.94. The lowest BCUT2D eigenvalue weighted by Crippen LogP contribution is -2.40. The second-order valence-corrected chi connectivity index (χ2v) is 6.57. The summed E-state index contributed by atoms with van der Waals surface area (Å²) in [5, 5.41) is 0. The lowest BCUT2D eigenvalue weighted by Gasteiger charge is -2.27. The number of pyridine rings is 1. The Hall–Kier alpha value is -2.77. The van der Waals surface area contributed by atoms with E-state index < -0.39 is 0 Å². The first-order chi connectivity index (χ1) is 13.1. The Morgan fingerprint density at radius 1 is 1.22 bits per heavy atom. The van der Waals surface area contributed by atoms with Gasteiger partial charge in [-0.25, -0.2) is 9.37 Å². The molecule has 140 valence electrons. The molecule has 3 aromatic rings. The van der Waals surface area contributed by atoms with Crippen LogP contribution in [-0.2, 0) is 9.47 Å². The van der Waals surface area contributed by atoms with Crippen LogP contribution in [0.4, 0.5) is 4.39 Å². The van der Waals surface area contributed by atoms with Crippen molar-refractivity contribution in [3.63, 3.8) is 0 Å². The molecule has 1 amide bonds. The molecule has 1 saturated heterocycles. The van der Waals surface area contributed by atoms with E-state index in [9.17, 15) is 9.18 Å². The van der Waals surface area contributed by atoms with Gasteiger partial charge < -0.3 is 18.8 Å². The van der Waals surface area contributed by atoms with Crippen molar-refractivity contribution in [2.45, 2.75) is 6.10 Å². The Morgan fingerprint density at radius 3 is 2.78 bits per heavy atom. The second-order valence-electron chi connectivity index (χ2n) is 6.57. The third-order valence-corrected chi connectivity index (χ3v) is 4.55. The SMILES string of the molecule is CN(CC1COCCO1)C(=O)c1ccc2nc(-c3ccc(F)cc3)cn2c1. The molecule has 2 aromatic heterocycles. The average molecular weight is 369 g/mol. The predicted molar refractivity (Wildman–Crippen MR) is 98.1 cm³/mol. The molecule has 4 rings (SSSR count). The highest BCUT2D eigenvalue weighted by atomic mass is 19.1. The number of fused-ring (bicyclic) bond motifs is 1. The van der Waals surface area contributed by atoms with Crippen LogP contribution < -0.4 is 0 Å². The maximum atomic E-state index is 13.1. The maximum absolute atomic E-state index is 13.1. The zero-order valence-corrected chi connectivity index (χ0v) is 15.0. The van der Waals surface area contributed by atoms with Crippen LogP contribution in [-0.4, -0.2) is 59.7 Å². The van der Waals surface area contributed by atoms with E-state index >= 15 is 0 Å². The van der Waals surface area contributed by atoms with Crippen LogP contribution in [0.15, 0.2) is 48.8 Å². The van der Waals surface area contributed by atoms with Crippen molar-refractivity contribution >= 4 is 11.6 Å². The van der Waals surface area contributed by atoms with E-state index in [2.05, 4.69) is 4.98 Å². The minimum Gasteiger partial charge on any atom is -0.376 e. The van der Waals surface area contributed by atoms with Crippen molar-refractivity contribution in [2.24, 2.45) is 0 Å². The fourth-order valence-electron chi connectivity index (χ4n) is 3.13. The van der Waals surface area contributed by atoms with E-state index in [0.717, 1.165) is 16.9 Å². The molecule has 27 heavy (non-hydrogen) atoms. The zero-order chi connectivity index (χ0) is 18.8. The van der Waals surface area contributed by atoms with Crippen LogP contribution in [0.2, 0.25) is 0 Å². The molecule has 3 heterocycles. The van der Waals surface area contributed by atoms with Gasteiger partial charge in [-0.05, 0) is 36.4 Å². The van der Waals surface area contributed by atoms with Gasteiger partial charge in [-0.3, -0.25) is 4.79 Å². The van der Waals surface area contributed by atoms with E-state index in [1.54, 1.807) is 46.8 Å². The Bertz CT molecular complexity index is 949. The van der Waals surface area contributed by atoms with Crippen molar-refractivity contribution in [1.29, 1.82) is 0 Å². The summed E-state index contributed by atoms with van der Waals surface area (Å²) in [6.07, 6.45) is 3.49. The minimum absolute atomic E-state index is 0.0943. The Balaban J connectivity index is 1.53. The van der Waals surface area contributed by atoms with Crippen LogP contribution in [0.25, 0.3) is 16.9 Å². The number of likely N-dealkylation sites (N-methyl/N-ethyl adjacent to an activating group) is 1. The largest absolute Gasteiger partial charge is 0.376 e. The number of amides is 1. The number of nitrogens with zero attached hydrogens (tertiary/aromatic N) is 3. The Morgan fingerprint density at radius 2 is 2.04 bits per heavy atom. The molecule has 1 aliphatic heterocycles. The molecule has 0 bridgehead atoms. The number of ether oxygens (including phenoxy) is 2. The number of halogens is 1. The number of hydrogen-bond donors (Lipinski definition) is 0. The highest BCUT2D eigenvalue weighted by Crippen LogP contribution is 2.20. The normalized spacial score (nSPS) is 17.2. The smallest absolute Gasteiger partial charge is 0.255 e. The Labute approximate surface area is 156 Å². The number of aromatic nitrogens is 2. The molecule has 1 aliphatic rings. The number of benzene rings is 1. The van der Waals surface area contributed by atoms with Gasteiger partial charge in [0.2, 0.25) is 0 Å². The number of hydrogen-bond acceptors (Lipinski definition) is 4.